The Morgan fingerprint density at radius 1 is 1.33 bits per heavy atom. The van der Waals surface area contributed by atoms with Crippen LogP contribution >= 0.6 is 15.9 Å². The molecule has 1 aliphatic rings. The number of cyclic esters (lactones) is 1. The number of anilines is 1. The Balaban J connectivity index is 2.05. The molecule has 1 unspecified atom stereocenters. The third-order valence-electron chi connectivity index (χ3n) is 2.82. The summed E-state index contributed by atoms with van der Waals surface area (Å²) in [4.78, 5) is 10.8. The zero-order valence-corrected chi connectivity index (χ0v) is 11.9. The molecule has 1 aliphatic heterocycles. The van der Waals surface area contributed by atoms with Crippen LogP contribution in [0.25, 0.3) is 0 Å². The van der Waals surface area contributed by atoms with Crippen molar-refractivity contribution < 1.29 is 31.5 Å². The van der Waals surface area contributed by atoms with Gasteiger partial charge in [0.05, 0.1) is 18.5 Å². The Hall–Kier alpha value is -1.38. The maximum absolute atomic E-state index is 12.9. The highest BCUT2D eigenvalue weighted by atomic mass is 79.9. The molecule has 1 aromatic rings. The fourth-order valence-electron chi connectivity index (χ4n) is 1.85. The number of hydrogen-bond acceptors (Lipinski definition) is 3. The van der Waals surface area contributed by atoms with Gasteiger partial charge in [0.2, 0.25) is 0 Å². The summed E-state index contributed by atoms with van der Waals surface area (Å²) in [6, 6.07) is 3.11. The van der Waals surface area contributed by atoms with Crippen LogP contribution in [0.15, 0.2) is 22.7 Å². The van der Waals surface area contributed by atoms with Crippen molar-refractivity contribution in [2.75, 3.05) is 11.9 Å². The molecule has 1 fully saturated rings. The van der Waals surface area contributed by atoms with Crippen LogP contribution in [-0.4, -0.2) is 24.5 Å². The highest BCUT2D eigenvalue weighted by Crippen LogP contribution is 2.34. The molecule has 9 heteroatoms. The first kappa shape index (κ1) is 16.0. The molecule has 1 heterocycles. The topological polar surface area (TPSA) is 38.3 Å². The fourth-order valence-corrected chi connectivity index (χ4v) is 2.34. The molecule has 0 radical (unpaired) electrons. The predicted octanol–water partition coefficient (Wildman–Crippen LogP) is 3.83. The average molecular weight is 374 g/mol. The van der Waals surface area contributed by atoms with Gasteiger partial charge in [0.15, 0.2) is 0 Å². The van der Waals surface area contributed by atoms with Crippen LogP contribution in [-0.2, 0) is 15.7 Å². The lowest BCUT2D eigenvalue weighted by Crippen LogP contribution is -2.22. The molecule has 0 saturated carbocycles. The maximum Gasteiger partial charge on any atom is 0.416 e. The Bertz CT molecular complexity index is 561. The lowest BCUT2D eigenvalue weighted by molar-refractivity contribution is -0.158. The van der Waals surface area contributed by atoms with Crippen LogP contribution in [0, 0.1) is 0 Å². The lowest BCUT2D eigenvalue weighted by Gasteiger charge is -2.14. The third-order valence-corrected chi connectivity index (χ3v) is 3.27. The molecule has 116 valence electrons. The molecule has 1 atom stereocenters. The fraction of sp³-hybridized carbons (Fsp3) is 0.417. The molecule has 0 amide bonds. The summed E-state index contributed by atoms with van der Waals surface area (Å²) >= 11 is 2.94. The highest BCUT2D eigenvalue weighted by Gasteiger charge is 2.50. The van der Waals surface area contributed by atoms with E-state index in [9.17, 15) is 26.7 Å². The van der Waals surface area contributed by atoms with Gasteiger partial charge in [-0.25, -0.2) is 4.79 Å². The molecule has 0 aliphatic carbocycles. The number of benzene rings is 1. The number of ether oxygens (including phenoxy) is 1. The van der Waals surface area contributed by atoms with E-state index in [1.807, 2.05) is 0 Å². The van der Waals surface area contributed by atoms with Crippen molar-refractivity contribution in [3.63, 3.8) is 0 Å². The van der Waals surface area contributed by atoms with Gasteiger partial charge in [0.1, 0.15) is 6.10 Å². The zero-order valence-electron chi connectivity index (χ0n) is 10.3. The predicted molar refractivity (Wildman–Crippen MR) is 67.1 cm³/mol. The second-order valence-electron chi connectivity index (χ2n) is 4.54. The molecule has 0 spiro atoms. The standard InChI is InChI=1S/C12H9BrF5NO2/c13-7-1-6(12(16,17)18)2-8(3-7)19-5-9-4-11(14,15)10(20)21-9/h1-3,9,19H,4-5H2. The average Bonchev–Trinajstić information content (AvgIpc) is 2.59. The van der Waals surface area contributed by atoms with Gasteiger partial charge in [-0.1, -0.05) is 15.9 Å². The minimum absolute atomic E-state index is 0.0861. The summed E-state index contributed by atoms with van der Waals surface area (Å²) in [5.74, 6) is -5.15. The summed E-state index contributed by atoms with van der Waals surface area (Å²) in [7, 11) is 0. The lowest BCUT2D eigenvalue weighted by atomic mass is 10.1. The minimum Gasteiger partial charge on any atom is -0.456 e. The van der Waals surface area contributed by atoms with Crippen molar-refractivity contribution in [1.29, 1.82) is 0 Å². The molecular weight excluding hydrogens is 365 g/mol. The van der Waals surface area contributed by atoms with E-state index in [1.165, 1.54) is 6.07 Å². The quantitative estimate of drug-likeness (QED) is 0.646. The van der Waals surface area contributed by atoms with Gasteiger partial charge < -0.3 is 10.1 Å². The van der Waals surface area contributed by atoms with Gasteiger partial charge in [-0.05, 0) is 18.2 Å². The Kier molecular flexibility index (Phi) is 4.14. The number of esters is 1. The van der Waals surface area contributed by atoms with E-state index in [2.05, 4.69) is 26.0 Å². The molecule has 1 saturated heterocycles. The summed E-state index contributed by atoms with van der Waals surface area (Å²) < 4.78 is 68.4. The molecule has 21 heavy (non-hydrogen) atoms. The van der Waals surface area contributed by atoms with Gasteiger partial charge in [0.25, 0.3) is 0 Å². The number of hydrogen-bond donors (Lipinski definition) is 1. The Morgan fingerprint density at radius 3 is 2.52 bits per heavy atom. The number of carbonyl (C=O) groups is 1. The van der Waals surface area contributed by atoms with E-state index in [-0.39, 0.29) is 16.7 Å². The number of rotatable bonds is 3. The van der Waals surface area contributed by atoms with E-state index in [0.717, 1.165) is 12.1 Å². The maximum atomic E-state index is 12.9. The molecular formula is C12H9BrF5NO2. The smallest absolute Gasteiger partial charge is 0.416 e. The zero-order chi connectivity index (χ0) is 15.8. The van der Waals surface area contributed by atoms with Crippen molar-refractivity contribution in [3.8, 4) is 0 Å². The van der Waals surface area contributed by atoms with Crippen molar-refractivity contribution >= 4 is 27.6 Å². The van der Waals surface area contributed by atoms with Crippen LogP contribution in [0.2, 0.25) is 0 Å². The van der Waals surface area contributed by atoms with Crippen molar-refractivity contribution in [3.05, 3.63) is 28.2 Å². The first-order chi connectivity index (χ1) is 9.58. The van der Waals surface area contributed by atoms with E-state index >= 15 is 0 Å². The number of halogens is 6. The van der Waals surface area contributed by atoms with Gasteiger partial charge in [-0.2, -0.15) is 22.0 Å². The molecule has 2 rings (SSSR count). The molecule has 1 N–H and O–H groups in total. The normalized spacial score (nSPS) is 21.2. The minimum atomic E-state index is -4.52. The van der Waals surface area contributed by atoms with E-state index in [1.54, 1.807) is 0 Å². The highest BCUT2D eigenvalue weighted by molar-refractivity contribution is 9.10. The van der Waals surface area contributed by atoms with Crippen LogP contribution in [0.1, 0.15) is 12.0 Å². The van der Waals surface area contributed by atoms with Crippen molar-refractivity contribution in [2.24, 2.45) is 0 Å². The van der Waals surface area contributed by atoms with Gasteiger partial charge in [0, 0.05) is 10.2 Å². The van der Waals surface area contributed by atoms with E-state index < -0.39 is 36.2 Å². The van der Waals surface area contributed by atoms with Crippen LogP contribution < -0.4 is 5.32 Å². The Morgan fingerprint density at radius 2 is 2.00 bits per heavy atom. The second-order valence-corrected chi connectivity index (χ2v) is 5.46. The number of nitrogens with one attached hydrogen (secondary N) is 1. The van der Waals surface area contributed by atoms with E-state index in [4.69, 9.17) is 0 Å². The monoisotopic (exact) mass is 373 g/mol. The number of alkyl halides is 5. The van der Waals surface area contributed by atoms with Crippen LogP contribution in [0.5, 0.6) is 0 Å². The molecule has 0 bridgehead atoms. The largest absolute Gasteiger partial charge is 0.456 e. The van der Waals surface area contributed by atoms with Crippen molar-refractivity contribution in [1.82, 2.24) is 0 Å². The summed E-state index contributed by atoms with van der Waals surface area (Å²) in [5, 5.41) is 2.56. The Labute approximate surface area is 124 Å². The summed E-state index contributed by atoms with van der Waals surface area (Å²) in [5.41, 5.74) is -0.795. The number of carbonyl (C=O) groups excluding carboxylic acids is 1. The third kappa shape index (κ3) is 3.84. The molecule has 0 aromatic heterocycles. The molecule has 1 aromatic carbocycles. The van der Waals surface area contributed by atoms with Gasteiger partial charge in [-0.3, -0.25) is 0 Å². The van der Waals surface area contributed by atoms with Gasteiger partial charge >= 0.3 is 18.1 Å². The van der Waals surface area contributed by atoms with Crippen molar-refractivity contribution in [2.45, 2.75) is 24.6 Å². The SMILES string of the molecule is O=C1OC(CNc2cc(Br)cc(C(F)(F)F)c2)CC1(F)F. The molecule has 3 nitrogen and oxygen atoms in total. The first-order valence-corrected chi connectivity index (χ1v) is 6.58. The first-order valence-electron chi connectivity index (χ1n) is 5.78. The van der Waals surface area contributed by atoms with Crippen LogP contribution in [0.3, 0.4) is 0 Å². The van der Waals surface area contributed by atoms with Crippen LogP contribution in [0.4, 0.5) is 27.6 Å². The summed E-state index contributed by atoms with van der Waals surface area (Å²) in [6.07, 6.45) is -6.40. The van der Waals surface area contributed by atoms with Gasteiger partial charge in [-0.15, -0.1) is 0 Å². The van der Waals surface area contributed by atoms with E-state index in [0.29, 0.717) is 0 Å². The summed E-state index contributed by atoms with van der Waals surface area (Å²) in [6.45, 7) is -0.199. The second kappa shape index (κ2) is 5.43.